The Morgan fingerprint density at radius 1 is 0.957 bits per heavy atom. The van der Waals surface area contributed by atoms with Gasteiger partial charge in [0.15, 0.2) is 0 Å². The van der Waals surface area contributed by atoms with Crippen LogP contribution in [-0.2, 0) is 9.47 Å². The first-order chi connectivity index (χ1) is 11.2. The van der Waals surface area contributed by atoms with E-state index in [-0.39, 0.29) is 5.60 Å². The first-order valence-corrected chi connectivity index (χ1v) is 9.55. The highest BCUT2D eigenvalue weighted by molar-refractivity contribution is 5.14. The Kier molecular flexibility index (Phi) is 7.89. The van der Waals surface area contributed by atoms with Crippen molar-refractivity contribution in [2.75, 3.05) is 32.9 Å². The second-order valence-electron chi connectivity index (χ2n) is 7.57. The maximum atomic E-state index is 6.45. The Morgan fingerprint density at radius 2 is 1.65 bits per heavy atom. The van der Waals surface area contributed by atoms with Crippen LogP contribution in [0, 0.1) is 17.8 Å². The molecule has 0 spiro atoms. The summed E-state index contributed by atoms with van der Waals surface area (Å²) >= 11 is 0. The summed E-state index contributed by atoms with van der Waals surface area (Å²) in [5.41, 5.74) is -0.191. The van der Waals surface area contributed by atoms with E-state index in [4.69, 9.17) is 9.47 Å². The van der Waals surface area contributed by atoms with E-state index in [1.54, 1.807) is 0 Å². The molecule has 3 nitrogen and oxygen atoms in total. The molecule has 0 unspecified atom stereocenters. The molecule has 1 aliphatic carbocycles. The van der Waals surface area contributed by atoms with Crippen molar-refractivity contribution in [1.29, 1.82) is 0 Å². The summed E-state index contributed by atoms with van der Waals surface area (Å²) in [4.78, 5) is 2.55. The quantitative estimate of drug-likeness (QED) is 0.634. The molecule has 1 heterocycles. The summed E-state index contributed by atoms with van der Waals surface area (Å²) in [5.74, 6) is 7.09. The molecular formula is C20H35NO2. The highest BCUT2D eigenvalue weighted by Gasteiger charge is 2.33. The number of nitrogens with zero attached hydrogens (tertiary/aromatic N) is 1. The summed E-state index contributed by atoms with van der Waals surface area (Å²) in [6.45, 7) is 11.1. The standard InChI is InChI=1S/C20H35NO2/c1-4-10-20(11-6-5-7-12-20)23-17-19(16-22-15-18(2)3)21-13-8-9-14-21/h18-19H,5-9,11-17H2,1-3H3/t19-/m0/s1. The van der Waals surface area contributed by atoms with Gasteiger partial charge < -0.3 is 9.47 Å². The van der Waals surface area contributed by atoms with Gasteiger partial charge in [0.2, 0.25) is 0 Å². The fourth-order valence-corrected chi connectivity index (χ4v) is 3.72. The lowest BCUT2D eigenvalue weighted by Gasteiger charge is -2.36. The van der Waals surface area contributed by atoms with Gasteiger partial charge in [-0.15, -0.1) is 5.92 Å². The van der Waals surface area contributed by atoms with E-state index in [0.717, 1.165) is 32.7 Å². The van der Waals surface area contributed by atoms with Crippen LogP contribution in [0.5, 0.6) is 0 Å². The van der Waals surface area contributed by atoms with E-state index in [1.165, 1.54) is 45.2 Å². The van der Waals surface area contributed by atoms with Crippen molar-refractivity contribution in [1.82, 2.24) is 4.90 Å². The van der Waals surface area contributed by atoms with Gasteiger partial charge in [0, 0.05) is 6.61 Å². The Morgan fingerprint density at radius 3 is 2.26 bits per heavy atom. The largest absolute Gasteiger partial charge is 0.379 e. The lowest BCUT2D eigenvalue weighted by Crippen LogP contribution is -2.44. The summed E-state index contributed by atoms with van der Waals surface area (Å²) in [7, 11) is 0. The number of likely N-dealkylation sites (tertiary alicyclic amines) is 1. The number of ether oxygens (including phenoxy) is 2. The minimum absolute atomic E-state index is 0.191. The molecule has 2 aliphatic rings. The van der Waals surface area contributed by atoms with E-state index in [2.05, 4.69) is 30.6 Å². The molecule has 1 saturated heterocycles. The minimum Gasteiger partial charge on any atom is -0.379 e. The lowest BCUT2D eigenvalue weighted by molar-refractivity contribution is -0.0659. The van der Waals surface area contributed by atoms with Gasteiger partial charge >= 0.3 is 0 Å². The normalized spacial score (nSPS) is 22.8. The van der Waals surface area contributed by atoms with Crippen molar-refractivity contribution in [2.24, 2.45) is 5.92 Å². The van der Waals surface area contributed by atoms with Gasteiger partial charge in [-0.2, -0.15) is 0 Å². The van der Waals surface area contributed by atoms with Crippen LogP contribution in [0.3, 0.4) is 0 Å². The lowest BCUT2D eigenvalue weighted by atomic mass is 9.85. The third-order valence-corrected chi connectivity index (χ3v) is 4.98. The fraction of sp³-hybridized carbons (Fsp3) is 0.900. The fourth-order valence-electron chi connectivity index (χ4n) is 3.72. The zero-order chi connectivity index (χ0) is 16.5. The van der Waals surface area contributed by atoms with Crippen LogP contribution in [0.1, 0.15) is 65.7 Å². The van der Waals surface area contributed by atoms with Crippen LogP contribution < -0.4 is 0 Å². The molecule has 0 aromatic heterocycles. The van der Waals surface area contributed by atoms with Crippen molar-refractivity contribution < 1.29 is 9.47 Å². The van der Waals surface area contributed by atoms with Crippen molar-refractivity contribution in [2.45, 2.75) is 77.4 Å². The average Bonchev–Trinajstić information content (AvgIpc) is 3.06. The van der Waals surface area contributed by atoms with Gasteiger partial charge in [0.05, 0.1) is 19.3 Å². The molecule has 0 N–H and O–H groups in total. The summed E-state index contributed by atoms with van der Waals surface area (Å²) in [5, 5.41) is 0. The highest BCUT2D eigenvalue weighted by atomic mass is 16.5. The third-order valence-electron chi connectivity index (χ3n) is 4.98. The van der Waals surface area contributed by atoms with E-state index in [1.807, 2.05) is 6.92 Å². The maximum absolute atomic E-state index is 6.45. The molecule has 0 amide bonds. The first-order valence-electron chi connectivity index (χ1n) is 9.55. The zero-order valence-electron chi connectivity index (χ0n) is 15.4. The van der Waals surface area contributed by atoms with Crippen molar-refractivity contribution in [3.8, 4) is 11.8 Å². The van der Waals surface area contributed by atoms with Gasteiger partial charge in [0.25, 0.3) is 0 Å². The maximum Gasteiger partial charge on any atom is 0.128 e. The van der Waals surface area contributed by atoms with Crippen molar-refractivity contribution >= 4 is 0 Å². The van der Waals surface area contributed by atoms with Gasteiger partial charge in [-0.25, -0.2) is 0 Å². The van der Waals surface area contributed by atoms with Crippen LogP contribution >= 0.6 is 0 Å². The Bertz CT molecular complexity index is 384. The molecule has 0 aromatic carbocycles. The molecule has 0 aromatic rings. The molecule has 3 heteroatoms. The second-order valence-corrected chi connectivity index (χ2v) is 7.57. The average molecular weight is 322 g/mol. The predicted octanol–water partition coefficient (Wildman–Crippen LogP) is 3.87. The van der Waals surface area contributed by atoms with Crippen LogP contribution in [-0.4, -0.2) is 49.5 Å². The molecule has 2 rings (SSSR count). The minimum atomic E-state index is -0.191. The Hall–Kier alpha value is -0.560. The highest BCUT2D eigenvalue weighted by Crippen LogP contribution is 2.31. The number of hydrogen-bond donors (Lipinski definition) is 0. The first kappa shape index (κ1) is 18.8. The summed E-state index contributed by atoms with van der Waals surface area (Å²) in [6, 6.07) is 0.383. The smallest absolute Gasteiger partial charge is 0.128 e. The van der Waals surface area contributed by atoms with Gasteiger partial charge in [-0.05, 0) is 64.5 Å². The molecule has 1 aliphatic heterocycles. The van der Waals surface area contributed by atoms with Crippen LogP contribution in [0.2, 0.25) is 0 Å². The third kappa shape index (κ3) is 6.10. The zero-order valence-corrected chi connectivity index (χ0v) is 15.4. The molecule has 1 atom stereocenters. The van der Waals surface area contributed by atoms with Gasteiger partial charge in [-0.1, -0.05) is 26.2 Å². The number of hydrogen-bond acceptors (Lipinski definition) is 3. The van der Waals surface area contributed by atoms with E-state index >= 15 is 0 Å². The van der Waals surface area contributed by atoms with E-state index in [0.29, 0.717) is 12.0 Å². The topological polar surface area (TPSA) is 21.7 Å². The Labute approximate surface area is 143 Å². The van der Waals surface area contributed by atoms with E-state index < -0.39 is 0 Å². The predicted molar refractivity (Wildman–Crippen MR) is 95.5 cm³/mol. The summed E-state index contributed by atoms with van der Waals surface area (Å²) < 4.78 is 12.4. The monoisotopic (exact) mass is 321 g/mol. The SMILES string of the molecule is CC#CC1(OC[C@H](COCC(C)C)N2CCCC2)CCCCC1. The van der Waals surface area contributed by atoms with Crippen LogP contribution in [0.15, 0.2) is 0 Å². The molecule has 1 saturated carbocycles. The number of rotatable bonds is 8. The van der Waals surface area contributed by atoms with Gasteiger partial charge in [0.1, 0.15) is 5.60 Å². The van der Waals surface area contributed by atoms with E-state index in [9.17, 15) is 0 Å². The molecule has 0 bridgehead atoms. The molecule has 132 valence electrons. The van der Waals surface area contributed by atoms with Crippen LogP contribution in [0.25, 0.3) is 0 Å². The molecular weight excluding hydrogens is 286 g/mol. The van der Waals surface area contributed by atoms with Crippen LogP contribution in [0.4, 0.5) is 0 Å². The summed E-state index contributed by atoms with van der Waals surface area (Å²) in [6.07, 6.45) is 8.60. The van der Waals surface area contributed by atoms with Gasteiger partial charge in [-0.3, -0.25) is 4.90 Å². The molecule has 2 fully saturated rings. The Balaban J connectivity index is 1.90. The molecule has 23 heavy (non-hydrogen) atoms. The molecule has 0 radical (unpaired) electrons. The second kappa shape index (κ2) is 9.67. The van der Waals surface area contributed by atoms with Crippen molar-refractivity contribution in [3.63, 3.8) is 0 Å². The van der Waals surface area contributed by atoms with Crippen molar-refractivity contribution in [3.05, 3.63) is 0 Å².